The highest BCUT2D eigenvalue weighted by atomic mass is 16.2. The fraction of sp³-hybridized carbons (Fsp3) is 0.542. The Kier molecular flexibility index (Phi) is 5.52. The van der Waals surface area contributed by atoms with Crippen molar-refractivity contribution in [3.63, 3.8) is 0 Å². The molecule has 1 aromatic carbocycles. The Labute approximate surface area is 183 Å². The molecule has 1 aliphatic heterocycles. The summed E-state index contributed by atoms with van der Waals surface area (Å²) in [5.74, 6) is -0.0313. The van der Waals surface area contributed by atoms with E-state index in [-0.39, 0.29) is 24.3 Å². The molecule has 2 aliphatic carbocycles. The Morgan fingerprint density at radius 3 is 2.71 bits per heavy atom. The number of carbonyl (C=O) groups is 2. The van der Waals surface area contributed by atoms with Gasteiger partial charge in [-0.15, -0.1) is 0 Å². The fourth-order valence-electron chi connectivity index (χ4n) is 5.46. The number of amides is 2. The molecule has 0 radical (unpaired) electrons. The number of aromatic nitrogens is 2. The normalized spacial score (nSPS) is 21.5. The van der Waals surface area contributed by atoms with Crippen LogP contribution >= 0.6 is 0 Å². The Morgan fingerprint density at radius 1 is 1.19 bits per heavy atom. The molecular formula is C24H31N5O2. The first kappa shape index (κ1) is 20.2. The van der Waals surface area contributed by atoms with Gasteiger partial charge in [-0.05, 0) is 55.2 Å². The van der Waals surface area contributed by atoms with Gasteiger partial charge in [0.05, 0.1) is 24.7 Å². The number of H-pyrrole nitrogens is 1. The van der Waals surface area contributed by atoms with Crippen molar-refractivity contribution in [2.24, 2.45) is 0 Å². The smallest absolute Gasteiger partial charge is 0.237 e. The lowest BCUT2D eigenvalue weighted by Crippen LogP contribution is -2.59. The second-order valence-corrected chi connectivity index (χ2v) is 9.16. The van der Waals surface area contributed by atoms with E-state index in [9.17, 15) is 9.59 Å². The molecule has 2 heterocycles. The standard InChI is InChI=1S/C24H31N5O2/c1-28(15-21-19-8-4-5-9-20(19)26-27-21)23(30)14-22-24(31)25-10-11-29(22)18-12-16-6-2-3-7-17(16)13-18/h2-3,6-7,18,22H,4-5,8-15H2,1H3,(H,25,31)(H,26,27)/t22-/m1/s1. The average molecular weight is 422 g/mol. The summed E-state index contributed by atoms with van der Waals surface area (Å²) in [4.78, 5) is 29.9. The van der Waals surface area contributed by atoms with Gasteiger partial charge in [-0.3, -0.25) is 19.6 Å². The summed E-state index contributed by atoms with van der Waals surface area (Å²) >= 11 is 0. The van der Waals surface area contributed by atoms with E-state index < -0.39 is 6.04 Å². The van der Waals surface area contributed by atoms with Gasteiger partial charge < -0.3 is 10.2 Å². The highest BCUT2D eigenvalue weighted by Crippen LogP contribution is 2.28. The van der Waals surface area contributed by atoms with Crippen LogP contribution in [0.15, 0.2) is 24.3 Å². The number of carbonyl (C=O) groups excluding carboxylic acids is 2. The van der Waals surface area contributed by atoms with E-state index in [1.807, 2.05) is 7.05 Å². The maximum Gasteiger partial charge on any atom is 0.237 e. The van der Waals surface area contributed by atoms with Crippen molar-refractivity contribution in [2.75, 3.05) is 20.1 Å². The van der Waals surface area contributed by atoms with Crippen molar-refractivity contribution in [3.8, 4) is 0 Å². The molecule has 2 N–H and O–H groups in total. The lowest BCUT2D eigenvalue weighted by atomic mass is 9.96. The van der Waals surface area contributed by atoms with Crippen LogP contribution in [-0.2, 0) is 41.8 Å². The maximum atomic E-state index is 13.1. The van der Waals surface area contributed by atoms with Crippen LogP contribution < -0.4 is 5.32 Å². The van der Waals surface area contributed by atoms with Gasteiger partial charge >= 0.3 is 0 Å². The van der Waals surface area contributed by atoms with Crippen molar-refractivity contribution >= 4 is 11.8 Å². The molecule has 164 valence electrons. The van der Waals surface area contributed by atoms with Crippen LogP contribution in [0.2, 0.25) is 0 Å². The number of piperazine rings is 1. The second kappa shape index (κ2) is 8.46. The second-order valence-electron chi connectivity index (χ2n) is 9.16. The number of fused-ring (bicyclic) bond motifs is 2. The van der Waals surface area contributed by atoms with Crippen molar-refractivity contribution in [2.45, 2.75) is 63.6 Å². The SMILES string of the molecule is CN(Cc1n[nH]c2c1CCCC2)C(=O)C[C@@H]1C(=O)NCCN1C1Cc2ccccc2C1. The largest absolute Gasteiger partial charge is 0.353 e. The monoisotopic (exact) mass is 421 g/mol. The lowest BCUT2D eigenvalue weighted by Gasteiger charge is -2.39. The number of benzene rings is 1. The predicted octanol–water partition coefficient (Wildman–Crippen LogP) is 1.60. The number of aromatic amines is 1. The van der Waals surface area contributed by atoms with Crippen LogP contribution in [0.5, 0.6) is 0 Å². The molecule has 1 saturated heterocycles. The number of hydrogen-bond acceptors (Lipinski definition) is 4. The Hall–Kier alpha value is -2.67. The van der Waals surface area contributed by atoms with E-state index in [2.05, 4.69) is 44.7 Å². The van der Waals surface area contributed by atoms with Gasteiger partial charge in [-0.1, -0.05) is 24.3 Å². The summed E-state index contributed by atoms with van der Waals surface area (Å²) in [5.41, 5.74) is 6.21. The quantitative estimate of drug-likeness (QED) is 0.769. The molecule has 1 atom stereocenters. The summed E-state index contributed by atoms with van der Waals surface area (Å²) in [6, 6.07) is 8.39. The molecular weight excluding hydrogens is 390 g/mol. The van der Waals surface area contributed by atoms with Gasteiger partial charge in [0.25, 0.3) is 0 Å². The highest BCUT2D eigenvalue weighted by Gasteiger charge is 2.38. The van der Waals surface area contributed by atoms with Crippen molar-refractivity contribution in [3.05, 3.63) is 52.3 Å². The third kappa shape index (κ3) is 3.99. The van der Waals surface area contributed by atoms with Crippen molar-refractivity contribution in [1.29, 1.82) is 0 Å². The van der Waals surface area contributed by atoms with Gasteiger partial charge in [0.2, 0.25) is 11.8 Å². The van der Waals surface area contributed by atoms with Crippen LogP contribution in [-0.4, -0.2) is 64.0 Å². The minimum atomic E-state index is -0.406. The summed E-state index contributed by atoms with van der Waals surface area (Å²) < 4.78 is 0. The zero-order valence-corrected chi connectivity index (χ0v) is 18.2. The molecule has 0 unspecified atom stereocenters. The number of rotatable bonds is 5. The topological polar surface area (TPSA) is 81.3 Å². The third-order valence-electron chi connectivity index (χ3n) is 7.19. The molecule has 0 saturated carbocycles. The summed E-state index contributed by atoms with van der Waals surface area (Å²) in [6.45, 7) is 1.93. The van der Waals surface area contributed by atoms with E-state index in [0.717, 1.165) is 37.9 Å². The summed E-state index contributed by atoms with van der Waals surface area (Å²) in [7, 11) is 1.82. The maximum absolute atomic E-state index is 13.1. The van der Waals surface area contributed by atoms with Gasteiger partial charge in [-0.25, -0.2) is 0 Å². The molecule has 7 nitrogen and oxygen atoms in total. The van der Waals surface area contributed by atoms with E-state index in [4.69, 9.17) is 0 Å². The summed E-state index contributed by atoms with van der Waals surface area (Å²) in [5, 5.41) is 10.6. The van der Waals surface area contributed by atoms with Crippen LogP contribution in [0, 0.1) is 0 Å². The van der Waals surface area contributed by atoms with Crippen LogP contribution in [0.1, 0.15) is 47.3 Å². The molecule has 7 heteroatoms. The molecule has 31 heavy (non-hydrogen) atoms. The van der Waals surface area contributed by atoms with E-state index >= 15 is 0 Å². The predicted molar refractivity (Wildman–Crippen MR) is 117 cm³/mol. The Balaban J connectivity index is 1.26. The lowest BCUT2D eigenvalue weighted by molar-refractivity contribution is -0.139. The molecule has 5 rings (SSSR count). The number of nitrogens with zero attached hydrogens (tertiary/aromatic N) is 3. The first-order chi connectivity index (χ1) is 15.1. The van der Waals surface area contributed by atoms with Gasteiger partial charge in [0.1, 0.15) is 0 Å². The van der Waals surface area contributed by atoms with Crippen LogP contribution in [0.25, 0.3) is 0 Å². The van der Waals surface area contributed by atoms with Crippen molar-refractivity contribution < 1.29 is 9.59 Å². The molecule has 1 fully saturated rings. The molecule has 2 aromatic rings. The van der Waals surface area contributed by atoms with E-state index in [1.54, 1.807) is 4.90 Å². The average Bonchev–Trinajstić information content (AvgIpc) is 3.39. The molecule has 0 spiro atoms. The highest BCUT2D eigenvalue weighted by molar-refractivity contribution is 5.88. The van der Waals surface area contributed by atoms with E-state index in [1.165, 1.54) is 35.2 Å². The molecule has 1 aromatic heterocycles. The van der Waals surface area contributed by atoms with E-state index in [0.29, 0.717) is 13.1 Å². The number of nitrogens with one attached hydrogen (secondary N) is 2. The summed E-state index contributed by atoms with van der Waals surface area (Å²) in [6.07, 6.45) is 6.55. The number of hydrogen-bond donors (Lipinski definition) is 2. The first-order valence-electron chi connectivity index (χ1n) is 11.5. The van der Waals surface area contributed by atoms with Crippen molar-refractivity contribution in [1.82, 2.24) is 25.3 Å². The van der Waals surface area contributed by atoms with Gasteiger partial charge in [0, 0.05) is 31.9 Å². The first-order valence-corrected chi connectivity index (χ1v) is 11.5. The zero-order valence-electron chi connectivity index (χ0n) is 18.2. The van der Waals surface area contributed by atoms with Gasteiger partial charge in [0.15, 0.2) is 0 Å². The minimum absolute atomic E-state index is 0.00452. The zero-order chi connectivity index (χ0) is 21.4. The Bertz CT molecular complexity index is 959. The van der Waals surface area contributed by atoms with Gasteiger partial charge in [-0.2, -0.15) is 5.10 Å². The van der Waals surface area contributed by atoms with Crippen LogP contribution in [0.3, 0.4) is 0 Å². The molecule has 0 bridgehead atoms. The number of aryl methyl sites for hydroxylation is 1. The molecule has 2 amide bonds. The van der Waals surface area contributed by atoms with Crippen LogP contribution in [0.4, 0.5) is 0 Å². The Morgan fingerprint density at radius 2 is 1.94 bits per heavy atom. The third-order valence-corrected chi connectivity index (χ3v) is 7.19. The minimum Gasteiger partial charge on any atom is -0.353 e. The fourth-order valence-corrected chi connectivity index (χ4v) is 5.46. The molecule has 3 aliphatic rings.